The predicted molar refractivity (Wildman–Crippen MR) is 112 cm³/mol. The lowest BCUT2D eigenvalue weighted by atomic mass is 10.2. The molecule has 0 saturated carbocycles. The molecule has 0 saturated heterocycles. The SMILES string of the molecule is CC(=O)N(c1ccccc1)c1nc(COC(=O)[C@@H]2Oc3ccccc3O[C@@H]2C)cs1. The van der Waals surface area contributed by atoms with E-state index in [4.69, 9.17) is 14.2 Å². The summed E-state index contributed by atoms with van der Waals surface area (Å²) >= 11 is 1.31. The molecule has 1 aliphatic heterocycles. The summed E-state index contributed by atoms with van der Waals surface area (Å²) in [5.74, 6) is 0.425. The van der Waals surface area contributed by atoms with Crippen LogP contribution in [0.5, 0.6) is 11.5 Å². The number of hydrogen-bond donors (Lipinski definition) is 0. The molecule has 8 heteroatoms. The van der Waals surface area contributed by atoms with Crippen molar-refractivity contribution in [3.63, 3.8) is 0 Å². The molecular weight excluding hydrogens is 404 g/mol. The van der Waals surface area contributed by atoms with Gasteiger partial charge in [-0.15, -0.1) is 11.3 Å². The molecule has 1 amide bonds. The molecule has 7 nitrogen and oxygen atoms in total. The summed E-state index contributed by atoms with van der Waals surface area (Å²) in [5, 5.41) is 2.28. The van der Waals surface area contributed by atoms with Gasteiger partial charge in [0.1, 0.15) is 12.7 Å². The van der Waals surface area contributed by atoms with Gasteiger partial charge in [0.15, 0.2) is 16.6 Å². The van der Waals surface area contributed by atoms with E-state index in [2.05, 4.69) is 4.98 Å². The van der Waals surface area contributed by atoms with Crippen LogP contribution in [0.2, 0.25) is 0 Å². The van der Waals surface area contributed by atoms with E-state index in [1.165, 1.54) is 23.2 Å². The second-order valence-corrected chi connectivity index (χ2v) is 7.56. The fraction of sp³-hybridized carbons (Fsp3) is 0.227. The molecule has 0 bridgehead atoms. The summed E-state index contributed by atoms with van der Waals surface area (Å²) in [6.07, 6.45) is -1.35. The lowest BCUT2D eigenvalue weighted by Crippen LogP contribution is -2.44. The molecule has 2 heterocycles. The number of hydrogen-bond acceptors (Lipinski definition) is 7. The number of esters is 1. The molecule has 2 aromatic carbocycles. The standard InChI is InChI=1S/C22H20N2O5S/c1-14-20(29-19-11-7-6-10-18(19)28-14)21(26)27-12-16-13-30-22(23-16)24(15(2)25)17-8-4-3-5-9-17/h3-11,13-14,20H,12H2,1-2H3/t14-,20-/m1/s1. The highest BCUT2D eigenvalue weighted by Crippen LogP contribution is 2.34. The van der Waals surface area contributed by atoms with Crippen LogP contribution in [-0.2, 0) is 20.9 Å². The Hall–Kier alpha value is -3.39. The molecule has 1 aliphatic rings. The van der Waals surface area contributed by atoms with Gasteiger partial charge in [0.05, 0.1) is 11.4 Å². The third kappa shape index (κ3) is 4.13. The van der Waals surface area contributed by atoms with Crippen molar-refractivity contribution in [1.29, 1.82) is 0 Å². The van der Waals surface area contributed by atoms with Crippen molar-refractivity contribution in [3.05, 3.63) is 65.7 Å². The molecule has 0 spiro atoms. The lowest BCUT2D eigenvalue weighted by molar-refractivity contribution is -0.159. The quantitative estimate of drug-likeness (QED) is 0.574. The van der Waals surface area contributed by atoms with Gasteiger partial charge in [-0.2, -0.15) is 0 Å². The summed E-state index contributed by atoms with van der Waals surface area (Å²) in [7, 11) is 0. The minimum Gasteiger partial charge on any atom is -0.482 e. The van der Waals surface area contributed by atoms with E-state index in [0.717, 1.165) is 5.69 Å². The molecule has 30 heavy (non-hydrogen) atoms. The number of benzene rings is 2. The average Bonchev–Trinajstić information content (AvgIpc) is 3.20. The molecule has 0 aliphatic carbocycles. The third-order valence-electron chi connectivity index (χ3n) is 4.50. The number of anilines is 2. The van der Waals surface area contributed by atoms with Crippen LogP contribution in [-0.4, -0.2) is 29.1 Å². The number of rotatable bonds is 5. The number of fused-ring (bicyclic) bond motifs is 1. The van der Waals surface area contributed by atoms with E-state index >= 15 is 0 Å². The summed E-state index contributed by atoms with van der Waals surface area (Å²) < 4.78 is 16.9. The van der Waals surface area contributed by atoms with E-state index in [9.17, 15) is 9.59 Å². The van der Waals surface area contributed by atoms with Crippen molar-refractivity contribution < 1.29 is 23.8 Å². The maximum absolute atomic E-state index is 12.5. The van der Waals surface area contributed by atoms with Crippen LogP contribution in [0.1, 0.15) is 19.5 Å². The average molecular weight is 424 g/mol. The van der Waals surface area contributed by atoms with E-state index in [1.807, 2.05) is 42.5 Å². The lowest BCUT2D eigenvalue weighted by Gasteiger charge is -2.30. The van der Waals surface area contributed by atoms with Gasteiger partial charge >= 0.3 is 5.97 Å². The summed E-state index contributed by atoms with van der Waals surface area (Å²) in [5.41, 5.74) is 1.28. The van der Waals surface area contributed by atoms with E-state index in [0.29, 0.717) is 22.3 Å². The number of para-hydroxylation sites is 3. The molecule has 0 unspecified atom stereocenters. The first kappa shape index (κ1) is 19.9. The zero-order chi connectivity index (χ0) is 21.1. The maximum atomic E-state index is 12.5. The van der Waals surface area contributed by atoms with Crippen molar-refractivity contribution in [2.75, 3.05) is 4.90 Å². The first-order chi connectivity index (χ1) is 14.5. The molecule has 0 fully saturated rings. The number of amides is 1. The first-order valence-corrected chi connectivity index (χ1v) is 10.3. The van der Waals surface area contributed by atoms with Gasteiger partial charge in [0.2, 0.25) is 12.0 Å². The second kappa shape index (κ2) is 8.54. The van der Waals surface area contributed by atoms with Gasteiger partial charge in [-0.3, -0.25) is 9.69 Å². The topological polar surface area (TPSA) is 78.0 Å². The first-order valence-electron chi connectivity index (χ1n) is 9.42. The largest absolute Gasteiger partial charge is 0.482 e. The molecular formula is C22H20N2O5S. The van der Waals surface area contributed by atoms with Crippen LogP contribution >= 0.6 is 11.3 Å². The van der Waals surface area contributed by atoms with Crippen molar-refractivity contribution in [2.45, 2.75) is 32.7 Å². The normalized spacial score (nSPS) is 17.3. The Bertz CT molecular complexity index is 1050. The second-order valence-electron chi connectivity index (χ2n) is 6.73. The molecule has 154 valence electrons. The van der Waals surface area contributed by atoms with Crippen LogP contribution in [0.25, 0.3) is 0 Å². The number of carbonyl (C=O) groups excluding carboxylic acids is 2. The third-order valence-corrected chi connectivity index (χ3v) is 5.37. The fourth-order valence-corrected chi connectivity index (χ4v) is 3.95. The van der Waals surface area contributed by atoms with Crippen molar-refractivity contribution >= 4 is 34.0 Å². The van der Waals surface area contributed by atoms with Gasteiger partial charge in [0, 0.05) is 12.3 Å². The van der Waals surface area contributed by atoms with Gasteiger partial charge in [0.25, 0.3) is 0 Å². The Kier molecular flexibility index (Phi) is 5.67. The predicted octanol–water partition coefficient (Wildman–Crippen LogP) is 4.10. The Morgan fingerprint density at radius 1 is 1.07 bits per heavy atom. The minimum atomic E-state index is -0.865. The smallest absolute Gasteiger partial charge is 0.351 e. The van der Waals surface area contributed by atoms with Gasteiger partial charge in [-0.05, 0) is 31.2 Å². The summed E-state index contributed by atoms with van der Waals surface area (Å²) in [4.78, 5) is 30.7. The monoisotopic (exact) mass is 424 g/mol. The Balaban J connectivity index is 1.42. The Labute approximate surface area is 177 Å². The fourth-order valence-electron chi connectivity index (χ4n) is 3.08. The molecule has 0 radical (unpaired) electrons. The summed E-state index contributed by atoms with van der Waals surface area (Å²) in [6, 6.07) is 16.4. The molecule has 1 aromatic heterocycles. The number of aromatic nitrogens is 1. The van der Waals surface area contributed by atoms with E-state index in [-0.39, 0.29) is 12.5 Å². The highest BCUT2D eigenvalue weighted by atomic mass is 32.1. The number of ether oxygens (including phenoxy) is 3. The van der Waals surface area contributed by atoms with E-state index in [1.54, 1.807) is 24.4 Å². The van der Waals surface area contributed by atoms with E-state index < -0.39 is 18.2 Å². The molecule has 0 N–H and O–H groups in total. The molecule has 3 aromatic rings. The van der Waals surface area contributed by atoms with Crippen molar-refractivity contribution in [3.8, 4) is 11.5 Å². The van der Waals surface area contributed by atoms with Gasteiger partial charge < -0.3 is 14.2 Å². The zero-order valence-electron chi connectivity index (χ0n) is 16.5. The molecule has 4 rings (SSSR count). The van der Waals surface area contributed by atoms with Gasteiger partial charge in [-0.25, -0.2) is 9.78 Å². The number of nitrogens with zero attached hydrogens (tertiary/aromatic N) is 2. The zero-order valence-corrected chi connectivity index (χ0v) is 17.3. The van der Waals surface area contributed by atoms with Crippen molar-refractivity contribution in [2.24, 2.45) is 0 Å². The van der Waals surface area contributed by atoms with Crippen LogP contribution in [0.3, 0.4) is 0 Å². The van der Waals surface area contributed by atoms with Crippen LogP contribution < -0.4 is 14.4 Å². The number of carbonyl (C=O) groups is 2. The minimum absolute atomic E-state index is 0.0237. The van der Waals surface area contributed by atoms with Gasteiger partial charge in [-0.1, -0.05) is 30.3 Å². The Morgan fingerprint density at radius 3 is 2.43 bits per heavy atom. The number of thiazole rings is 1. The van der Waals surface area contributed by atoms with Crippen LogP contribution in [0.15, 0.2) is 60.0 Å². The van der Waals surface area contributed by atoms with Crippen LogP contribution in [0.4, 0.5) is 10.8 Å². The van der Waals surface area contributed by atoms with Crippen LogP contribution in [0, 0.1) is 0 Å². The maximum Gasteiger partial charge on any atom is 0.351 e. The Morgan fingerprint density at radius 2 is 1.73 bits per heavy atom. The highest BCUT2D eigenvalue weighted by Gasteiger charge is 2.35. The molecule has 2 atom stereocenters. The summed E-state index contributed by atoms with van der Waals surface area (Å²) in [6.45, 7) is 3.21. The van der Waals surface area contributed by atoms with Crippen molar-refractivity contribution in [1.82, 2.24) is 4.98 Å². The highest BCUT2D eigenvalue weighted by molar-refractivity contribution is 7.14.